The Hall–Kier alpha value is -2.27. The number of piperazine rings is 1. The number of para-hydroxylation sites is 1. The van der Waals surface area contributed by atoms with Gasteiger partial charge in [0.05, 0.1) is 10.7 Å². The van der Waals surface area contributed by atoms with Gasteiger partial charge in [0.25, 0.3) is 0 Å². The Kier molecular flexibility index (Phi) is 4.98. The van der Waals surface area contributed by atoms with Crippen molar-refractivity contribution in [3.8, 4) is 0 Å². The van der Waals surface area contributed by atoms with Gasteiger partial charge in [0, 0.05) is 45.1 Å². The van der Waals surface area contributed by atoms with Crippen LogP contribution in [0.15, 0.2) is 48.8 Å². The van der Waals surface area contributed by atoms with E-state index in [1.165, 1.54) is 0 Å². The van der Waals surface area contributed by atoms with Crippen LogP contribution in [0.1, 0.15) is 5.56 Å². The molecule has 0 aliphatic carbocycles. The molecule has 0 saturated carbocycles. The lowest BCUT2D eigenvalue weighted by atomic mass is 10.2. The Labute approximate surface area is 140 Å². The van der Waals surface area contributed by atoms with Gasteiger partial charge in [0.1, 0.15) is 0 Å². The van der Waals surface area contributed by atoms with Gasteiger partial charge in [0.2, 0.25) is 0 Å². The summed E-state index contributed by atoms with van der Waals surface area (Å²) in [4.78, 5) is 20.3. The van der Waals surface area contributed by atoms with Gasteiger partial charge >= 0.3 is 6.03 Å². The fourth-order valence-electron chi connectivity index (χ4n) is 2.65. The molecule has 2 amide bonds. The van der Waals surface area contributed by atoms with Gasteiger partial charge in [-0.2, -0.15) is 0 Å². The summed E-state index contributed by atoms with van der Waals surface area (Å²) >= 11 is 6.23. The minimum Gasteiger partial charge on any atom is -0.367 e. The highest BCUT2D eigenvalue weighted by Crippen LogP contribution is 2.25. The number of pyridine rings is 1. The number of anilines is 1. The topological polar surface area (TPSA) is 48.5 Å². The molecule has 1 aromatic heterocycles. The van der Waals surface area contributed by atoms with Crippen LogP contribution in [0.5, 0.6) is 0 Å². The second kappa shape index (κ2) is 7.33. The number of urea groups is 1. The summed E-state index contributed by atoms with van der Waals surface area (Å²) in [6.07, 6.45) is 3.48. The lowest BCUT2D eigenvalue weighted by Crippen LogP contribution is -2.51. The standard InChI is InChI=1S/C17H19ClN4O/c18-15-5-1-2-6-16(15)21-8-10-22(11-9-21)17(23)20-13-14-4-3-7-19-12-14/h1-7,12H,8-11,13H2,(H,20,23). The fraction of sp³-hybridized carbons (Fsp3) is 0.294. The van der Waals surface area contributed by atoms with E-state index in [9.17, 15) is 4.79 Å². The number of aromatic nitrogens is 1. The molecule has 1 N–H and O–H groups in total. The van der Waals surface area contributed by atoms with Crippen molar-refractivity contribution in [2.75, 3.05) is 31.1 Å². The molecule has 3 rings (SSSR count). The van der Waals surface area contributed by atoms with Crippen molar-refractivity contribution in [1.82, 2.24) is 15.2 Å². The lowest BCUT2D eigenvalue weighted by Gasteiger charge is -2.36. The molecule has 6 heteroatoms. The van der Waals surface area contributed by atoms with Crippen molar-refractivity contribution in [2.24, 2.45) is 0 Å². The van der Waals surface area contributed by atoms with Gasteiger partial charge in [-0.25, -0.2) is 4.79 Å². The molecule has 1 saturated heterocycles. The highest BCUT2D eigenvalue weighted by molar-refractivity contribution is 6.33. The van der Waals surface area contributed by atoms with Gasteiger partial charge in [-0.05, 0) is 23.8 Å². The molecule has 0 atom stereocenters. The molecular formula is C17H19ClN4O. The zero-order valence-corrected chi connectivity index (χ0v) is 13.5. The average Bonchev–Trinajstić information content (AvgIpc) is 2.61. The van der Waals surface area contributed by atoms with Gasteiger partial charge in [0.15, 0.2) is 0 Å². The highest BCUT2D eigenvalue weighted by Gasteiger charge is 2.22. The van der Waals surface area contributed by atoms with Crippen molar-refractivity contribution < 1.29 is 4.79 Å². The Bertz CT molecular complexity index is 657. The number of nitrogens with one attached hydrogen (secondary N) is 1. The second-order valence-corrected chi connectivity index (χ2v) is 5.85. The number of carbonyl (C=O) groups excluding carboxylic acids is 1. The van der Waals surface area contributed by atoms with Crippen LogP contribution < -0.4 is 10.2 Å². The molecule has 5 nitrogen and oxygen atoms in total. The van der Waals surface area contributed by atoms with E-state index in [1.54, 1.807) is 12.4 Å². The van der Waals surface area contributed by atoms with Crippen LogP contribution in [0.2, 0.25) is 5.02 Å². The first-order chi connectivity index (χ1) is 11.2. The maximum Gasteiger partial charge on any atom is 0.317 e. The third-order valence-electron chi connectivity index (χ3n) is 3.93. The molecule has 1 aromatic carbocycles. The van der Waals surface area contributed by atoms with E-state index < -0.39 is 0 Å². The van der Waals surface area contributed by atoms with Crippen LogP contribution in [0.25, 0.3) is 0 Å². The third kappa shape index (κ3) is 3.93. The van der Waals surface area contributed by atoms with E-state index in [1.807, 2.05) is 41.3 Å². The van der Waals surface area contributed by atoms with Gasteiger partial charge < -0.3 is 15.1 Å². The number of amides is 2. The summed E-state index contributed by atoms with van der Waals surface area (Å²) in [5.74, 6) is 0. The third-order valence-corrected chi connectivity index (χ3v) is 4.25. The van der Waals surface area contributed by atoms with E-state index in [2.05, 4.69) is 15.2 Å². The molecule has 0 spiro atoms. The quantitative estimate of drug-likeness (QED) is 0.941. The molecule has 2 heterocycles. The number of hydrogen-bond donors (Lipinski definition) is 1. The van der Waals surface area contributed by atoms with Crippen LogP contribution in [0.4, 0.5) is 10.5 Å². The molecule has 1 fully saturated rings. The summed E-state index contributed by atoms with van der Waals surface area (Å²) in [5, 5.41) is 3.69. The van der Waals surface area contributed by atoms with E-state index >= 15 is 0 Å². The molecular weight excluding hydrogens is 312 g/mol. The Morgan fingerprint density at radius 1 is 1.13 bits per heavy atom. The molecule has 1 aliphatic rings. The van der Waals surface area contributed by atoms with Crippen molar-refractivity contribution in [2.45, 2.75) is 6.54 Å². The summed E-state index contributed by atoms with van der Waals surface area (Å²) in [6, 6.07) is 11.6. The number of hydrogen-bond acceptors (Lipinski definition) is 3. The molecule has 23 heavy (non-hydrogen) atoms. The number of benzene rings is 1. The maximum atomic E-state index is 12.2. The predicted octanol–water partition coefficient (Wildman–Crippen LogP) is 2.77. The van der Waals surface area contributed by atoms with Crippen LogP contribution in [0.3, 0.4) is 0 Å². The van der Waals surface area contributed by atoms with Crippen molar-refractivity contribution in [3.05, 3.63) is 59.4 Å². The first-order valence-electron chi connectivity index (χ1n) is 7.65. The minimum atomic E-state index is -0.0346. The van der Waals surface area contributed by atoms with Gasteiger partial charge in [-0.15, -0.1) is 0 Å². The molecule has 120 valence electrons. The SMILES string of the molecule is O=C(NCc1cccnc1)N1CCN(c2ccccc2Cl)CC1. The van der Waals surface area contributed by atoms with Gasteiger partial charge in [-0.3, -0.25) is 4.98 Å². The predicted molar refractivity (Wildman–Crippen MR) is 91.7 cm³/mol. The van der Waals surface area contributed by atoms with Crippen LogP contribution in [0, 0.1) is 0 Å². The molecule has 0 unspecified atom stereocenters. The first-order valence-corrected chi connectivity index (χ1v) is 8.03. The number of halogens is 1. The van der Waals surface area contributed by atoms with Crippen molar-refractivity contribution >= 4 is 23.3 Å². The Balaban J connectivity index is 1.50. The van der Waals surface area contributed by atoms with Gasteiger partial charge in [-0.1, -0.05) is 29.8 Å². The number of carbonyl (C=O) groups is 1. The number of nitrogens with zero attached hydrogens (tertiary/aromatic N) is 3. The highest BCUT2D eigenvalue weighted by atomic mass is 35.5. The van der Waals surface area contributed by atoms with Crippen LogP contribution in [-0.2, 0) is 6.54 Å². The van der Waals surface area contributed by atoms with Crippen molar-refractivity contribution in [3.63, 3.8) is 0 Å². The van der Waals surface area contributed by atoms with Crippen LogP contribution >= 0.6 is 11.6 Å². The molecule has 0 bridgehead atoms. The molecule has 2 aromatic rings. The summed E-state index contributed by atoms with van der Waals surface area (Å²) < 4.78 is 0. The first kappa shape index (κ1) is 15.6. The number of rotatable bonds is 3. The largest absolute Gasteiger partial charge is 0.367 e. The monoisotopic (exact) mass is 330 g/mol. The summed E-state index contributed by atoms with van der Waals surface area (Å²) in [6.45, 7) is 3.43. The Morgan fingerprint density at radius 2 is 1.91 bits per heavy atom. The summed E-state index contributed by atoms with van der Waals surface area (Å²) in [7, 11) is 0. The zero-order valence-electron chi connectivity index (χ0n) is 12.8. The summed E-state index contributed by atoms with van der Waals surface area (Å²) in [5.41, 5.74) is 2.03. The minimum absolute atomic E-state index is 0.0346. The van der Waals surface area contributed by atoms with E-state index in [4.69, 9.17) is 11.6 Å². The normalized spacial score (nSPS) is 14.7. The molecule has 0 radical (unpaired) electrons. The smallest absolute Gasteiger partial charge is 0.317 e. The average molecular weight is 331 g/mol. The lowest BCUT2D eigenvalue weighted by molar-refractivity contribution is 0.194. The molecule has 1 aliphatic heterocycles. The fourth-order valence-corrected chi connectivity index (χ4v) is 2.91. The maximum absolute atomic E-state index is 12.2. The Morgan fingerprint density at radius 3 is 2.61 bits per heavy atom. The van der Waals surface area contributed by atoms with E-state index in [0.29, 0.717) is 19.6 Å². The second-order valence-electron chi connectivity index (χ2n) is 5.45. The van der Waals surface area contributed by atoms with E-state index in [0.717, 1.165) is 29.4 Å². The van der Waals surface area contributed by atoms with E-state index in [-0.39, 0.29) is 6.03 Å². The van der Waals surface area contributed by atoms with Crippen molar-refractivity contribution in [1.29, 1.82) is 0 Å². The van der Waals surface area contributed by atoms with Crippen LogP contribution in [-0.4, -0.2) is 42.1 Å². The zero-order chi connectivity index (χ0) is 16.1.